The van der Waals surface area contributed by atoms with Gasteiger partial charge in [0.15, 0.2) is 5.54 Å². The summed E-state index contributed by atoms with van der Waals surface area (Å²) < 4.78 is 0. The van der Waals surface area contributed by atoms with Crippen LogP contribution in [0.5, 0.6) is 0 Å². The van der Waals surface area contributed by atoms with Gasteiger partial charge in [0, 0.05) is 11.4 Å². The van der Waals surface area contributed by atoms with Crippen LogP contribution in [0.25, 0.3) is 0 Å². The molecule has 4 nitrogen and oxygen atoms in total. The van der Waals surface area contributed by atoms with Gasteiger partial charge in [0.1, 0.15) is 0 Å². The molecule has 1 aliphatic rings. The summed E-state index contributed by atoms with van der Waals surface area (Å²) in [7, 11) is 0. The minimum Gasteiger partial charge on any atom is -0.323 e. The average molecular weight is 427 g/mol. The Labute approximate surface area is 190 Å². The van der Waals surface area contributed by atoms with Crippen LogP contribution in [0, 0.1) is 20.8 Å². The Morgan fingerprint density at radius 1 is 0.938 bits per heavy atom. The molecule has 164 valence electrons. The monoisotopic (exact) mass is 426 g/mol. The first kappa shape index (κ1) is 21.8. The van der Waals surface area contributed by atoms with Crippen LogP contribution in [0.3, 0.4) is 0 Å². The Balaban J connectivity index is 1.83. The molecule has 2 amide bonds. The van der Waals surface area contributed by atoms with Crippen LogP contribution < -0.4 is 10.2 Å². The van der Waals surface area contributed by atoms with E-state index in [9.17, 15) is 9.59 Å². The van der Waals surface area contributed by atoms with E-state index in [4.69, 9.17) is 0 Å². The maximum absolute atomic E-state index is 13.9. The lowest BCUT2D eigenvalue weighted by atomic mass is 9.75. The van der Waals surface area contributed by atoms with Crippen molar-refractivity contribution in [2.75, 3.05) is 10.2 Å². The van der Waals surface area contributed by atoms with Crippen LogP contribution in [0.4, 0.5) is 11.4 Å². The molecule has 4 rings (SSSR count). The molecule has 1 aliphatic heterocycles. The number of benzene rings is 3. The molecule has 1 saturated heterocycles. The van der Waals surface area contributed by atoms with E-state index in [1.165, 1.54) is 5.56 Å². The molecule has 0 aromatic heterocycles. The predicted octanol–water partition coefficient (Wildman–Crippen LogP) is 6.01. The van der Waals surface area contributed by atoms with E-state index in [-0.39, 0.29) is 18.2 Å². The summed E-state index contributed by atoms with van der Waals surface area (Å²) in [4.78, 5) is 28.6. The third-order valence-electron chi connectivity index (χ3n) is 6.46. The quantitative estimate of drug-likeness (QED) is 0.508. The molecule has 3 aromatic carbocycles. The number of β-lactam (4-membered cyclic amide) rings is 1. The van der Waals surface area contributed by atoms with Crippen molar-refractivity contribution >= 4 is 23.2 Å². The first-order valence-corrected chi connectivity index (χ1v) is 11.1. The fourth-order valence-electron chi connectivity index (χ4n) is 4.52. The van der Waals surface area contributed by atoms with Gasteiger partial charge in [-0.05, 0) is 61.1 Å². The van der Waals surface area contributed by atoms with Gasteiger partial charge in [-0.15, -0.1) is 0 Å². The molecular weight excluding hydrogens is 396 g/mol. The van der Waals surface area contributed by atoms with Crippen molar-refractivity contribution in [1.29, 1.82) is 0 Å². The average Bonchev–Trinajstić information content (AvgIpc) is 2.75. The zero-order valence-corrected chi connectivity index (χ0v) is 19.4. The van der Waals surface area contributed by atoms with Gasteiger partial charge < -0.3 is 5.32 Å². The molecular formula is C28H30N2O2. The van der Waals surface area contributed by atoms with Crippen molar-refractivity contribution in [3.8, 4) is 0 Å². The minimum atomic E-state index is -1.09. The minimum absolute atomic E-state index is 0.0511. The summed E-state index contributed by atoms with van der Waals surface area (Å²) in [6.45, 7) is 10.3. The van der Waals surface area contributed by atoms with Gasteiger partial charge in [-0.3, -0.25) is 14.5 Å². The molecule has 0 aliphatic carbocycles. The molecule has 0 unspecified atom stereocenters. The number of nitrogens with one attached hydrogen (secondary N) is 1. The van der Waals surface area contributed by atoms with E-state index in [1.807, 2.05) is 75.4 Å². The van der Waals surface area contributed by atoms with Crippen molar-refractivity contribution in [2.24, 2.45) is 0 Å². The number of para-hydroxylation sites is 1. The summed E-state index contributed by atoms with van der Waals surface area (Å²) in [5.74, 6) is 0.146. The Morgan fingerprint density at radius 2 is 1.62 bits per heavy atom. The van der Waals surface area contributed by atoms with E-state index < -0.39 is 5.54 Å². The van der Waals surface area contributed by atoms with Crippen LogP contribution in [-0.2, 0) is 15.1 Å². The van der Waals surface area contributed by atoms with Crippen molar-refractivity contribution in [3.05, 3.63) is 94.5 Å². The summed E-state index contributed by atoms with van der Waals surface area (Å²) in [5.41, 5.74) is 5.56. The smallest absolute Gasteiger partial charge is 0.255 e. The number of hydrogen-bond donors (Lipinski definition) is 1. The number of carbonyl (C=O) groups excluding carboxylic acids is 2. The third-order valence-corrected chi connectivity index (χ3v) is 6.46. The SMILES string of the molecule is Cc1ccc(N2C(=O)C[C@]2(C(=O)Nc2ccccc2C)c2ccc(C(C)C)cc2)c(C)c1. The predicted molar refractivity (Wildman–Crippen MR) is 130 cm³/mol. The van der Waals surface area contributed by atoms with Gasteiger partial charge in [-0.1, -0.05) is 74.0 Å². The van der Waals surface area contributed by atoms with Crippen molar-refractivity contribution in [3.63, 3.8) is 0 Å². The Kier molecular flexibility index (Phi) is 5.64. The first-order chi connectivity index (χ1) is 15.2. The number of nitrogens with zero attached hydrogens (tertiary/aromatic N) is 1. The van der Waals surface area contributed by atoms with E-state index in [2.05, 4.69) is 31.3 Å². The fourth-order valence-corrected chi connectivity index (χ4v) is 4.52. The molecule has 32 heavy (non-hydrogen) atoms. The molecule has 0 spiro atoms. The molecule has 1 N–H and O–H groups in total. The van der Waals surface area contributed by atoms with Crippen LogP contribution in [-0.4, -0.2) is 11.8 Å². The van der Waals surface area contributed by atoms with Crippen molar-refractivity contribution < 1.29 is 9.59 Å². The molecule has 3 aromatic rings. The number of hydrogen-bond acceptors (Lipinski definition) is 2. The highest BCUT2D eigenvalue weighted by Gasteiger charge is 2.58. The molecule has 0 radical (unpaired) electrons. The lowest BCUT2D eigenvalue weighted by molar-refractivity contribution is -0.137. The molecule has 1 atom stereocenters. The molecule has 0 bridgehead atoms. The van der Waals surface area contributed by atoms with Gasteiger partial charge in [0.2, 0.25) is 5.91 Å². The lowest BCUT2D eigenvalue weighted by Gasteiger charge is -2.51. The van der Waals surface area contributed by atoms with Crippen LogP contribution >= 0.6 is 0 Å². The van der Waals surface area contributed by atoms with Crippen molar-refractivity contribution in [2.45, 2.75) is 52.5 Å². The van der Waals surface area contributed by atoms with Gasteiger partial charge in [0.25, 0.3) is 5.91 Å². The highest BCUT2D eigenvalue weighted by Crippen LogP contribution is 2.47. The van der Waals surface area contributed by atoms with E-state index >= 15 is 0 Å². The zero-order chi connectivity index (χ0) is 23.0. The summed E-state index contributed by atoms with van der Waals surface area (Å²) in [6.07, 6.45) is 0.138. The van der Waals surface area contributed by atoms with E-state index in [0.29, 0.717) is 5.92 Å². The highest BCUT2D eigenvalue weighted by molar-refractivity contribution is 6.17. The maximum Gasteiger partial charge on any atom is 0.255 e. The third kappa shape index (κ3) is 3.60. The van der Waals surface area contributed by atoms with Crippen LogP contribution in [0.1, 0.15) is 54.0 Å². The summed E-state index contributed by atoms with van der Waals surface area (Å²) in [5, 5.41) is 3.11. The Morgan fingerprint density at radius 3 is 2.22 bits per heavy atom. The highest BCUT2D eigenvalue weighted by atomic mass is 16.2. The van der Waals surface area contributed by atoms with Gasteiger partial charge in [-0.25, -0.2) is 0 Å². The molecule has 0 saturated carbocycles. The van der Waals surface area contributed by atoms with E-state index in [1.54, 1.807) is 4.90 Å². The van der Waals surface area contributed by atoms with Crippen molar-refractivity contribution in [1.82, 2.24) is 0 Å². The summed E-state index contributed by atoms with van der Waals surface area (Å²) in [6, 6.07) is 21.8. The molecule has 4 heteroatoms. The molecule has 1 heterocycles. The number of carbonyl (C=O) groups is 2. The summed E-state index contributed by atoms with van der Waals surface area (Å²) >= 11 is 0. The largest absolute Gasteiger partial charge is 0.323 e. The Bertz CT molecular complexity index is 1180. The zero-order valence-electron chi connectivity index (χ0n) is 19.4. The fraction of sp³-hybridized carbons (Fsp3) is 0.286. The second-order valence-electron chi connectivity index (χ2n) is 9.10. The van der Waals surface area contributed by atoms with E-state index in [0.717, 1.165) is 33.6 Å². The first-order valence-electron chi connectivity index (χ1n) is 11.1. The number of amides is 2. The standard InChI is InChI=1S/C28H30N2O2/c1-18(2)22-11-13-23(14-12-22)28(27(32)29-24-9-7-6-8-20(24)4)17-26(31)30(28)25-15-10-19(3)16-21(25)5/h6-16,18H,17H2,1-5H3,(H,29,32)/t28-/m1/s1. The number of rotatable bonds is 5. The van der Waals surface area contributed by atoms with Gasteiger partial charge in [0.05, 0.1) is 6.42 Å². The molecule has 1 fully saturated rings. The second kappa shape index (κ2) is 8.27. The number of anilines is 2. The van der Waals surface area contributed by atoms with Crippen LogP contribution in [0.15, 0.2) is 66.7 Å². The maximum atomic E-state index is 13.9. The number of aryl methyl sites for hydroxylation is 3. The van der Waals surface area contributed by atoms with Gasteiger partial charge in [-0.2, -0.15) is 0 Å². The van der Waals surface area contributed by atoms with Crippen LogP contribution in [0.2, 0.25) is 0 Å². The second-order valence-corrected chi connectivity index (χ2v) is 9.10. The Hall–Kier alpha value is -3.40. The van der Waals surface area contributed by atoms with Gasteiger partial charge >= 0.3 is 0 Å². The topological polar surface area (TPSA) is 49.4 Å². The normalized spacial score (nSPS) is 17.9. The lowest BCUT2D eigenvalue weighted by Crippen LogP contribution is -2.67.